The minimum Gasteiger partial charge on any atom is -0.493 e. The van der Waals surface area contributed by atoms with Crippen LogP contribution in [0.25, 0.3) is 21.0 Å². The van der Waals surface area contributed by atoms with E-state index < -0.39 is 0 Å². The van der Waals surface area contributed by atoms with Crippen molar-refractivity contribution in [2.75, 3.05) is 38.7 Å². The Kier molecular flexibility index (Phi) is 6.96. The van der Waals surface area contributed by atoms with Crippen LogP contribution in [-0.2, 0) is 0 Å². The number of carbonyl (C=O) groups is 1. The van der Waals surface area contributed by atoms with Gasteiger partial charge in [0.15, 0.2) is 5.13 Å². The third-order valence-electron chi connectivity index (χ3n) is 5.68. The first kappa shape index (κ1) is 23.2. The molecule has 0 aliphatic rings. The molecule has 1 amide bonds. The van der Waals surface area contributed by atoms with Crippen molar-refractivity contribution in [3.63, 3.8) is 0 Å². The van der Waals surface area contributed by atoms with Crippen molar-refractivity contribution in [1.29, 1.82) is 0 Å². The molecule has 4 rings (SSSR count). The van der Waals surface area contributed by atoms with E-state index in [0.29, 0.717) is 24.5 Å². The van der Waals surface area contributed by atoms with Crippen LogP contribution in [0.5, 0.6) is 5.75 Å². The molecule has 0 radical (unpaired) electrons. The van der Waals surface area contributed by atoms with E-state index in [1.165, 1.54) is 11.1 Å². The fourth-order valence-electron chi connectivity index (χ4n) is 4.19. The molecule has 3 aromatic carbocycles. The van der Waals surface area contributed by atoms with Gasteiger partial charge in [-0.1, -0.05) is 47.7 Å². The third kappa shape index (κ3) is 4.87. The number of thiazole rings is 1. The molecule has 0 spiro atoms. The average Bonchev–Trinajstić information content (AvgIpc) is 3.20. The predicted molar refractivity (Wildman–Crippen MR) is 139 cm³/mol. The second-order valence-corrected chi connectivity index (χ2v) is 9.61. The van der Waals surface area contributed by atoms with Gasteiger partial charge in [-0.25, -0.2) is 4.98 Å². The lowest BCUT2D eigenvalue weighted by atomic mass is 10.0. The van der Waals surface area contributed by atoms with E-state index in [2.05, 4.69) is 30.9 Å². The molecule has 0 aliphatic heterocycles. The fraction of sp³-hybridized carbons (Fsp3) is 0.333. The summed E-state index contributed by atoms with van der Waals surface area (Å²) in [4.78, 5) is 23.0. The van der Waals surface area contributed by atoms with E-state index in [1.807, 2.05) is 62.3 Å². The summed E-state index contributed by atoms with van der Waals surface area (Å²) >= 11 is 1.59. The van der Waals surface area contributed by atoms with Gasteiger partial charge in [-0.05, 0) is 81.9 Å². The molecule has 1 aromatic heterocycles. The number of fused-ring (bicyclic) bond motifs is 2. The number of aryl methyl sites for hydroxylation is 2. The van der Waals surface area contributed by atoms with Crippen molar-refractivity contribution in [1.82, 2.24) is 9.88 Å². The summed E-state index contributed by atoms with van der Waals surface area (Å²) < 4.78 is 7.04. The summed E-state index contributed by atoms with van der Waals surface area (Å²) in [6.45, 7) is 8.10. The third-order valence-corrected chi connectivity index (χ3v) is 6.91. The van der Waals surface area contributed by atoms with E-state index >= 15 is 0 Å². The number of carbonyl (C=O) groups excluding carboxylic acids is 1. The molecule has 0 N–H and O–H groups in total. The van der Waals surface area contributed by atoms with Gasteiger partial charge in [-0.3, -0.25) is 9.69 Å². The maximum absolute atomic E-state index is 14.2. The van der Waals surface area contributed by atoms with Crippen molar-refractivity contribution in [3.05, 3.63) is 65.2 Å². The monoisotopic (exact) mass is 461 g/mol. The highest BCUT2D eigenvalue weighted by Gasteiger charge is 2.26. The van der Waals surface area contributed by atoms with Crippen LogP contribution in [0, 0.1) is 13.8 Å². The fourth-order valence-corrected chi connectivity index (χ4v) is 5.23. The quantitative estimate of drug-likeness (QED) is 0.320. The second-order valence-electron chi connectivity index (χ2n) is 8.63. The highest BCUT2D eigenvalue weighted by atomic mass is 32.1. The molecular formula is C27H31N3O2S. The van der Waals surface area contributed by atoms with Gasteiger partial charge in [0.2, 0.25) is 0 Å². The lowest BCUT2D eigenvalue weighted by Crippen LogP contribution is -2.34. The molecular weight excluding hydrogens is 430 g/mol. The zero-order valence-electron chi connectivity index (χ0n) is 20.0. The van der Waals surface area contributed by atoms with Gasteiger partial charge in [0.05, 0.1) is 22.4 Å². The van der Waals surface area contributed by atoms with Crippen molar-refractivity contribution >= 4 is 43.4 Å². The number of ether oxygens (including phenoxy) is 1. The Labute approximate surface area is 199 Å². The summed E-state index contributed by atoms with van der Waals surface area (Å²) in [6, 6.07) is 16.2. The van der Waals surface area contributed by atoms with E-state index in [-0.39, 0.29) is 5.91 Å². The zero-order valence-corrected chi connectivity index (χ0v) is 20.8. The Bertz CT molecular complexity index is 1300. The molecule has 6 heteroatoms. The molecule has 0 saturated carbocycles. The smallest absolute Gasteiger partial charge is 0.264 e. The Balaban J connectivity index is 1.84. The SMILES string of the molecule is CCOc1ccc2ccccc2c1C(=O)N(CCCN(C)C)c1nc2cc(C)cc(C)c2s1. The van der Waals surface area contributed by atoms with Crippen molar-refractivity contribution in [3.8, 4) is 5.75 Å². The molecule has 0 saturated heterocycles. The van der Waals surface area contributed by atoms with Crippen LogP contribution in [0.3, 0.4) is 0 Å². The first-order valence-corrected chi connectivity index (χ1v) is 12.2. The Morgan fingerprint density at radius 1 is 1.06 bits per heavy atom. The minimum absolute atomic E-state index is 0.0672. The molecule has 0 fully saturated rings. The van der Waals surface area contributed by atoms with Gasteiger partial charge in [0.25, 0.3) is 5.91 Å². The number of hydrogen-bond acceptors (Lipinski definition) is 5. The van der Waals surface area contributed by atoms with Gasteiger partial charge >= 0.3 is 0 Å². The largest absolute Gasteiger partial charge is 0.493 e. The molecule has 0 atom stereocenters. The molecule has 0 unspecified atom stereocenters. The molecule has 5 nitrogen and oxygen atoms in total. The van der Waals surface area contributed by atoms with E-state index in [9.17, 15) is 4.79 Å². The minimum atomic E-state index is -0.0672. The summed E-state index contributed by atoms with van der Waals surface area (Å²) in [5.74, 6) is 0.550. The predicted octanol–water partition coefficient (Wildman–Crippen LogP) is 6.06. The van der Waals surface area contributed by atoms with Crippen molar-refractivity contribution < 1.29 is 9.53 Å². The van der Waals surface area contributed by atoms with Gasteiger partial charge in [0, 0.05) is 6.54 Å². The van der Waals surface area contributed by atoms with Gasteiger partial charge in [-0.15, -0.1) is 0 Å². The molecule has 4 aromatic rings. The highest BCUT2D eigenvalue weighted by molar-refractivity contribution is 7.22. The van der Waals surface area contributed by atoms with E-state index in [0.717, 1.165) is 39.1 Å². The molecule has 1 heterocycles. The average molecular weight is 462 g/mol. The number of aromatic nitrogens is 1. The van der Waals surface area contributed by atoms with Crippen molar-refractivity contribution in [2.24, 2.45) is 0 Å². The topological polar surface area (TPSA) is 45.7 Å². The molecule has 0 aliphatic carbocycles. The Morgan fingerprint density at radius 3 is 2.61 bits per heavy atom. The number of nitrogens with zero attached hydrogens (tertiary/aromatic N) is 3. The first-order chi connectivity index (χ1) is 15.9. The van der Waals surface area contributed by atoms with Crippen LogP contribution in [0.1, 0.15) is 34.8 Å². The lowest BCUT2D eigenvalue weighted by molar-refractivity contribution is 0.0984. The Hall–Kier alpha value is -2.96. The van der Waals surface area contributed by atoms with E-state index in [1.54, 1.807) is 11.3 Å². The first-order valence-electron chi connectivity index (χ1n) is 11.4. The number of benzene rings is 3. The number of amides is 1. The van der Waals surface area contributed by atoms with E-state index in [4.69, 9.17) is 9.72 Å². The Morgan fingerprint density at radius 2 is 1.85 bits per heavy atom. The summed E-state index contributed by atoms with van der Waals surface area (Å²) in [7, 11) is 4.10. The van der Waals surface area contributed by atoms with Gasteiger partial charge in [-0.2, -0.15) is 0 Å². The van der Waals surface area contributed by atoms with Crippen LogP contribution in [0.4, 0.5) is 5.13 Å². The van der Waals surface area contributed by atoms with Crippen LogP contribution in [0.15, 0.2) is 48.5 Å². The number of anilines is 1. The number of hydrogen-bond donors (Lipinski definition) is 0. The maximum atomic E-state index is 14.2. The number of rotatable bonds is 8. The summed E-state index contributed by atoms with van der Waals surface area (Å²) in [5.41, 5.74) is 3.91. The highest BCUT2D eigenvalue weighted by Crippen LogP contribution is 2.35. The maximum Gasteiger partial charge on any atom is 0.264 e. The second kappa shape index (κ2) is 9.89. The zero-order chi connectivity index (χ0) is 23.5. The molecule has 172 valence electrons. The van der Waals surface area contributed by atoms with Crippen molar-refractivity contribution in [2.45, 2.75) is 27.2 Å². The van der Waals surface area contributed by atoms with Gasteiger partial charge < -0.3 is 9.64 Å². The van der Waals surface area contributed by atoms with Gasteiger partial charge in [0.1, 0.15) is 5.75 Å². The normalized spacial score (nSPS) is 11.5. The summed E-state index contributed by atoms with van der Waals surface area (Å²) in [5, 5.41) is 2.66. The lowest BCUT2D eigenvalue weighted by Gasteiger charge is -2.23. The molecule has 0 bridgehead atoms. The van der Waals surface area contributed by atoms with Crippen LogP contribution >= 0.6 is 11.3 Å². The summed E-state index contributed by atoms with van der Waals surface area (Å²) in [6.07, 6.45) is 0.849. The van der Waals surface area contributed by atoms with Crippen LogP contribution in [0.2, 0.25) is 0 Å². The molecule has 33 heavy (non-hydrogen) atoms. The van der Waals surface area contributed by atoms with Crippen LogP contribution in [-0.4, -0.2) is 49.6 Å². The van der Waals surface area contributed by atoms with Crippen LogP contribution < -0.4 is 9.64 Å². The standard InChI is InChI=1S/C27H31N3O2S/c1-6-32-23-13-12-20-10-7-8-11-21(20)24(23)26(31)30(15-9-14-29(4)5)27-28-22-17-18(2)16-19(3)25(22)33-27/h7-8,10-13,16-17H,6,9,14-15H2,1-5H3.